The Morgan fingerprint density at radius 3 is 2.42 bits per heavy atom. The normalized spacial score (nSPS) is 11.5. The Kier molecular flexibility index (Phi) is 6.84. The van der Waals surface area contributed by atoms with Gasteiger partial charge in [0.1, 0.15) is 6.04 Å². The maximum Gasteiger partial charge on any atom is 0.270 e. The number of carbonyl (C=O) groups excluding carboxylic acids is 3. The molecule has 1 aromatic rings. The molecule has 9 nitrogen and oxygen atoms in total. The van der Waals surface area contributed by atoms with Gasteiger partial charge in [0.25, 0.3) is 11.6 Å². The van der Waals surface area contributed by atoms with Crippen molar-refractivity contribution in [2.75, 3.05) is 6.54 Å². The van der Waals surface area contributed by atoms with E-state index in [1.807, 2.05) is 0 Å². The molecule has 0 heterocycles. The lowest BCUT2D eigenvalue weighted by atomic mass is 10.1. The van der Waals surface area contributed by atoms with Crippen LogP contribution in [0.3, 0.4) is 0 Å². The quantitative estimate of drug-likeness (QED) is 0.488. The minimum Gasteiger partial charge on any atom is -0.352 e. The van der Waals surface area contributed by atoms with Crippen LogP contribution in [0.2, 0.25) is 0 Å². The van der Waals surface area contributed by atoms with E-state index in [9.17, 15) is 24.5 Å². The third-order valence-corrected chi connectivity index (χ3v) is 2.93. The molecule has 130 valence electrons. The van der Waals surface area contributed by atoms with Crippen LogP contribution in [0.4, 0.5) is 5.69 Å². The molecule has 0 unspecified atom stereocenters. The van der Waals surface area contributed by atoms with Crippen LogP contribution in [-0.4, -0.2) is 41.3 Å². The third kappa shape index (κ3) is 6.03. The van der Waals surface area contributed by atoms with Crippen molar-refractivity contribution in [1.29, 1.82) is 0 Å². The number of amides is 3. The fourth-order valence-electron chi connectivity index (χ4n) is 1.80. The van der Waals surface area contributed by atoms with Crippen LogP contribution in [-0.2, 0) is 9.59 Å². The summed E-state index contributed by atoms with van der Waals surface area (Å²) < 4.78 is 0. The Morgan fingerprint density at radius 1 is 1.17 bits per heavy atom. The highest BCUT2D eigenvalue weighted by atomic mass is 16.6. The first-order chi connectivity index (χ1) is 11.2. The van der Waals surface area contributed by atoms with Crippen LogP contribution in [0.15, 0.2) is 24.3 Å². The van der Waals surface area contributed by atoms with E-state index < -0.39 is 22.8 Å². The zero-order valence-electron chi connectivity index (χ0n) is 13.7. The van der Waals surface area contributed by atoms with Crippen molar-refractivity contribution < 1.29 is 19.3 Å². The molecule has 1 atom stereocenters. The number of non-ortho nitro benzene ring substituents is 1. The molecular weight excluding hydrogens is 316 g/mol. The monoisotopic (exact) mass is 336 g/mol. The number of nitrogens with zero attached hydrogens (tertiary/aromatic N) is 1. The molecule has 3 N–H and O–H groups in total. The molecular formula is C15H20N4O5. The van der Waals surface area contributed by atoms with Crippen molar-refractivity contribution in [3.63, 3.8) is 0 Å². The number of rotatable bonds is 7. The van der Waals surface area contributed by atoms with Crippen molar-refractivity contribution in [2.45, 2.75) is 32.9 Å². The summed E-state index contributed by atoms with van der Waals surface area (Å²) in [5.41, 5.74) is -0.147. The van der Waals surface area contributed by atoms with Gasteiger partial charge in [0.2, 0.25) is 11.8 Å². The van der Waals surface area contributed by atoms with Crippen molar-refractivity contribution in [3.8, 4) is 0 Å². The van der Waals surface area contributed by atoms with E-state index in [1.54, 1.807) is 13.8 Å². The van der Waals surface area contributed by atoms with E-state index >= 15 is 0 Å². The van der Waals surface area contributed by atoms with Gasteiger partial charge in [-0.3, -0.25) is 24.5 Å². The summed E-state index contributed by atoms with van der Waals surface area (Å²) in [6.07, 6.45) is 0. The Morgan fingerprint density at radius 2 is 1.83 bits per heavy atom. The number of nitrogens with one attached hydrogen (secondary N) is 3. The van der Waals surface area contributed by atoms with Gasteiger partial charge in [-0.05, 0) is 26.8 Å². The predicted molar refractivity (Wildman–Crippen MR) is 86.3 cm³/mol. The molecule has 1 rings (SSSR count). The molecule has 0 saturated heterocycles. The minimum atomic E-state index is -0.899. The summed E-state index contributed by atoms with van der Waals surface area (Å²) in [4.78, 5) is 45.4. The Hall–Kier alpha value is -2.97. The van der Waals surface area contributed by atoms with Gasteiger partial charge in [0.15, 0.2) is 0 Å². The summed E-state index contributed by atoms with van der Waals surface area (Å²) in [7, 11) is 0. The maximum absolute atomic E-state index is 12.0. The van der Waals surface area contributed by atoms with Gasteiger partial charge >= 0.3 is 0 Å². The Balaban J connectivity index is 2.57. The first-order valence-corrected chi connectivity index (χ1v) is 7.33. The van der Waals surface area contributed by atoms with Crippen molar-refractivity contribution >= 4 is 23.4 Å². The van der Waals surface area contributed by atoms with Gasteiger partial charge in [0, 0.05) is 23.7 Å². The minimum absolute atomic E-state index is 0.0413. The second-order valence-corrected chi connectivity index (χ2v) is 5.44. The predicted octanol–water partition coefficient (Wildman–Crippen LogP) is 0.354. The van der Waals surface area contributed by atoms with Crippen LogP contribution < -0.4 is 16.0 Å². The van der Waals surface area contributed by atoms with Gasteiger partial charge < -0.3 is 16.0 Å². The lowest BCUT2D eigenvalue weighted by molar-refractivity contribution is -0.384. The first-order valence-electron chi connectivity index (χ1n) is 7.33. The number of hydrogen-bond acceptors (Lipinski definition) is 5. The topological polar surface area (TPSA) is 130 Å². The maximum atomic E-state index is 12.0. The first kappa shape index (κ1) is 19.1. The van der Waals surface area contributed by atoms with E-state index in [0.717, 1.165) is 6.07 Å². The SMILES string of the molecule is CC(C)NC(=O)CNC(=O)[C@H](C)NC(=O)c1cccc([N+](=O)[O-])c1. The lowest BCUT2D eigenvalue weighted by Crippen LogP contribution is -2.48. The summed E-state index contributed by atoms with van der Waals surface area (Å²) in [6, 6.07) is 4.23. The molecule has 0 aliphatic rings. The molecule has 0 bridgehead atoms. The largest absolute Gasteiger partial charge is 0.352 e. The van der Waals surface area contributed by atoms with Gasteiger partial charge in [0.05, 0.1) is 11.5 Å². The average Bonchev–Trinajstić information content (AvgIpc) is 2.51. The fraction of sp³-hybridized carbons (Fsp3) is 0.400. The van der Waals surface area contributed by atoms with Crippen LogP contribution >= 0.6 is 0 Å². The van der Waals surface area contributed by atoms with Gasteiger partial charge in [-0.15, -0.1) is 0 Å². The molecule has 1 aromatic carbocycles. The Labute approximate surface area is 139 Å². The zero-order chi connectivity index (χ0) is 18.3. The molecule has 9 heteroatoms. The molecule has 0 aliphatic heterocycles. The summed E-state index contributed by atoms with van der Waals surface area (Å²) >= 11 is 0. The molecule has 0 spiro atoms. The number of carbonyl (C=O) groups is 3. The molecule has 24 heavy (non-hydrogen) atoms. The highest BCUT2D eigenvalue weighted by Gasteiger charge is 2.18. The van der Waals surface area contributed by atoms with Crippen LogP contribution in [0, 0.1) is 10.1 Å². The second kappa shape index (κ2) is 8.61. The van der Waals surface area contributed by atoms with Crippen molar-refractivity contribution in [2.24, 2.45) is 0 Å². The van der Waals surface area contributed by atoms with E-state index in [4.69, 9.17) is 0 Å². The van der Waals surface area contributed by atoms with Crippen LogP contribution in [0.25, 0.3) is 0 Å². The van der Waals surface area contributed by atoms with E-state index in [0.29, 0.717) is 0 Å². The van der Waals surface area contributed by atoms with Gasteiger partial charge in [-0.25, -0.2) is 0 Å². The number of nitro benzene ring substituents is 1. The van der Waals surface area contributed by atoms with Crippen LogP contribution in [0.5, 0.6) is 0 Å². The highest BCUT2D eigenvalue weighted by molar-refractivity contribution is 5.98. The second-order valence-electron chi connectivity index (χ2n) is 5.44. The smallest absolute Gasteiger partial charge is 0.270 e. The standard InChI is InChI=1S/C15H20N4O5/c1-9(2)17-13(20)8-16-14(21)10(3)18-15(22)11-5-4-6-12(7-11)19(23)24/h4-7,9-10H,8H2,1-3H3,(H,16,21)(H,17,20)(H,18,22)/t10-/m0/s1. The highest BCUT2D eigenvalue weighted by Crippen LogP contribution is 2.13. The van der Waals surface area contributed by atoms with E-state index in [-0.39, 0.29) is 29.7 Å². The van der Waals surface area contributed by atoms with Crippen LogP contribution in [0.1, 0.15) is 31.1 Å². The molecule has 0 saturated carbocycles. The van der Waals surface area contributed by atoms with Gasteiger partial charge in [-0.1, -0.05) is 6.07 Å². The molecule has 0 fully saturated rings. The lowest BCUT2D eigenvalue weighted by Gasteiger charge is -2.14. The summed E-state index contributed by atoms with van der Waals surface area (Å²) in [5, 5.41) is 18.1. The Bertz CT molecular complexity index is 645. The third-order valence-electron chi connectivity index (χ3n) is 2.93. The zero-order valence-corrected chi connectivity index (χ0v) is 13.7. The number of hydrogen-bond donors (Lipinski definition) is 3. The fourth-order valence-corrected chi connectivity index (χ4v) is 1.80. The molecule has 0 radical (unpaired) electrons. The summed E-state index contributed by atoms with van der Waals surface area (Å²) in [6.45, 7) is 4.84. The molecule has 3 amide bonds. The van der Waals surface area contributed by atoms with E-state index in [1.165, 1.54) is 25.1 Å². The molecule has 0 aromatic heterocycles. The van der Waals surface area contributed by atoms with Gasteiger partial charge in [-0.2, -0.15) is 0 Å². The number of nitro groups is 1. The van der Waals surface area contributed by atoms with E-state index in [2.05, 4.69) is 16.0 Å². The molecule has 0 aliphatic carbocycles. The van der Waals surface area contributed by atoms with Crippen molar-refractivity contribution in [1.82, 2.24) is 16.0 Å². The van der Waals surface area contributed by atoms with Crippen molar-refractivity contribution in [3.05, 3.63) is 39.9 Å². The number of benzene rings is 1. The average molecular weight is 336 g/mol. The summed E-state index contributed by atoms with van der Waals surface area (Å²) in [5.74, 6) is -1.49.